The molecule has 0 saturated carbocycles. The van der Waals surface area contributed by atoms with Crippen LogP contribution in [-0.2, 0) is 21.0 Å². The van der Waals surface area contributed by atoms with Crippen molar-refractivity contribution in [1.29, 1.82) is 0 Å². The van der Waals surface area contributed by atoms with E-state index >= 15 is 0 Å². The second-order valence-electron chi connectivity index (χ2n) is 6.80. The third-order valence-electron chi connectivity index (χ3n) is 4.09. The molecule has 0 bridgehead atoms. The lowest BCUT2D eigenvalue weighted by Gasteiger charge is -2.17. The summed E-state index contributed by atoms with van der Waals surface area (Å²) < 4.78 is 0. The van der Waals surface area contributed by atoms with E-state index < -0.39 is 5.97 Å². The zero-order valence-corrected chi connectivity index (χ0v) is 17.5. The van der Waals surface area contributed by atoms with Crippen molar-refractivity contribution in [3.63, 3.8) is 0 Å². The summed E-state index contributed by atoms with van der Waals surface area (Å²) in [6, 6.07) is 10.2. The number of carbonyl (C=O) groups excluding carboxylic acids is 2. The van der Waals surface area contributed by atoms with Gasteiger partial charge in [-0.2, -0.15) is 0 Å². The number of carbonyl (C=O) groups is 2. The molecule has 1 aliphatic rings. The Labute approximate surface area is 177 Å². The number of halogens is 3. The molecule has 1 heterocycles. The van der Waals surface area contributed by atoms with Crippen LogP contribution in [-0.4, -0.2) is 17.6 Å². The van der Waals surface area contributed by atoms with E-state index in [2.05, 4.69) is 5.16 Å². The molecule has 0 aromatic heterocycles. The molecule has 1 amide bonds. The highest BCUT2D eigenvalue weighted by Gasteiger charge is 2.35. The molecule has 0 saturated heterocycles. The van der Waals surface area contributed by atoms with E-state index in [-0.39, 0.29) is 30.5 Å². The molecular weight excluding hydrogens is 423 g/mol. The number of rotatable bonds is 5. The van der Waals surface area contributed by atoms with Gasteiger partial charge in [0, 0.05) is 10.6 Å². The summed E-state index contributed by atoms with van der Waals surface area (Å²) in [4.78, 5) is 31.3. The molecule has 28 heavy (non-hydrogen) atoms. The zero-order valence-electron chi connectivity index (χ0n) is 15.2. The van der Waals surface area contributed by atoms with Crippen LogP contribution in [0.2, 0.25) is 15.1 Å². The van der Waals surface area contributed by atoms with Gasteiger partial charge in [0.25, 0.3) is 5.91 Å². The summed E-state index contributed by atoms with van der Waals surface area (Å²) in [5.74, 6) is -0.762. The average molecular weight is 440 g/mol. The standard InChI is InChI=1S/C20H17Cl3N2O3/c1-11(2)7-18(26)28-24-19-14-9-13(21)4-6-17(14)25(20(19)27)10-12-3-5-15(22)16(23)8-12/h3-6,8-9,11H,7,10H2,1-2H3. The molecule has 2 aromatic rings. The minimum atomic E-state index is -0.498. The van der Waals surface area contributed by atoms with Crippen LogP contribution in [0.5, 0.6) is 0 Å². The number of hydrogen-bond acceptors (Lipinski definition) is 4. The van der Waals surface area contributed by atoms with Gasteiger partial charge in [0.15, 0.2) is 5.71 Å². The Kier molecular flexibility index (Phi) is 6.28. The molecule has 146 valence electrons. The second-order valence-corrected chi connectivity index (χ2v) is 8.05. The van der Waals surface area contributed by atoms with E-state index in [1.165, 1.54) is 4.90 Å². The summed E-state index contributed by atoms with van der Waals surface area (Å²) in [5.41, 5.74) is 1.96. The van der Waals surface area contributed by atoms with Crippen molar-refractivity contribution >= 4 is 58.1 Å². The van der Waals surface area contributed by atoms with Crippen LogP contribution >= 0.6 is 34.8 Å². The van der Waals surface area contributed by atoms with Crippen molar-refractivity contribution in [2.45, 2.75) is 26.8 Å². The van der Waals surface area contributed by atoms with Crippen LogP contribution in [0.3, 0.4) is 0 Å². The van der Waals surface area contributed by atoms with Gasteiger partial charge in [-0.05, 0) is 41.8 Å². The maximum atomic E-state index is 13.0. The smallest absolute Gasteiger partial charge is 0.317 e. The van der Waals surface area contributed by atoms with Crippen molar-refractivity contribution in [3.05, 3.63) is 62.6 Å². The van der Waals surface area contributed by atoms with E-state index in [0.29, 0.717) is 26.3 Å². The Hall–Kier alpha value is -2.08. The molecule has 5 nitrogen and oxygen atoms in total. The number of nitrogens with zero attached hydrogens (tertiary/aromatic N) is 2. The number of oxime groups is 1. The molecule has 8 heteroatoms. The van der Waals surface area contributed by atoms with Crippen molar-refractivity contribution < 1.29 is 14.4 Å². The monoisotopic (exact) mass is 438 g/mol. The SMILES string of the molecule is CC(C)CC(=O)ON=C1C(=O)N(Cc2ccc(Cl)c(Cl)c2)c2ccc(Cl)cc21. The van der Waals surface area contributed by atoms with Crippen LogP contribution in [0.15, 0.2) is 41.6 Å². The van der Waals surface area contributed by atoms with Crippen LogP contribution in [0.1, 0.15) is 31.4 Å². The third kappa shape index (κ3) is 4.49. The van der Waals surface area contributed by atoms with Crippen molar-refractivity contribution in [2.24, 2.45) is 11.1 Å². The van der Waals surface area contributed by atoms with Crippen LogP contribution in [0, 0.1) is 5.92 Å². The van der Waals surface area contributed by atoms with Crippen LogP contribution < -0.4 is 4.90 Å². The summed E-state index contributed by atoms with van der Waals surface area (Å²) in [6.45, 7) is 4.04. The van der Waals surface area contributed by atoms with Gasteiger partial charge in [0.1, 0.15) is 0 Å². The predicted molar refractivity (Wildman–Crippen MR) is 111 cm³/mol. The molecule has 0 radical (unpaired) electrons. The Morgan fingerprint density at radius 2 is 1.86 bits per heavy atom. The second kappa shape index (κ2) is 8.52. The summed E-state index contributed by atoms with van der Waals surface area (Å²) in [7, 11) is 0. The Morgan fingerprint density at radius 1 is 1.11 bits per heavy atom. The summed E-state index contributed by atoms with van der Waals surface area (Å²) in [5, 5.41) is 5.12. The number of amides is 1. The van der Waals surface area contributed by atoms with E-state index in [0.717, 1.165) is 5.56 Å². The first-order chi connectivity index (χ1) is 13.3. The van der Waals surface area contributed by atoms with Crippen molar-refractivity contribution in [1.82, 2.24) is 0 Å². The van der Waals surface area contributed by atoms with E-state index in [1.54, 1.807) is 36.4 Å². The van der Waals surface area contributed by atoms with Gasteiger partial charge >= 0.3 is 5.97 Å². The molecular formula is C20H17Cl3N2O3. The molecule has 0 unspecified atom stereocenters. The Balaban J connectivity index is 1.92. The van der Waals surface area contributed by atoms with Gasteiger partial charge in [-0.25, -0.2) is 4.79 Å². The molecule has 2 aromatic carbocycles. The fraction of sp³-hybridized carbons (Fsp3) is 0.250. The topological polar surface area (TPSA) is 59.0 Å². The van der Waals surface area contributed by atoms with E-state index in [9.17, 15) is 9.59 Å². The van der Waals surface area contributed by atoms with Gasteiger partial charge in [-0.1, -0.05) is 59.9 Å². The molecule has 0 aliphatic carbocycles. The lowest BCUT2D eigenvalue weighted by atomic mass is 10.1. The van der Waals surface area contributed by atoms with Crippen molar-refractivity contribution in [2.75, 3.05) is 4.90 Å². The van der Waals surface area contributed by atoms with Crippen LogP contribution in [0.25, 0.3) is 0 Å². The van der Waals surface area contributed by atoms with Gasteiger partial charge in [-0.15, -0.1) is 0 Å². The first-order valence-corrected chi connectivity index (χ1v) is 9.73. The minimum absolute atomic E-state index is 0.0367. The van der Waals surface area contributed by atoms with Gasteiger partial charge in [0.2, 0.25) is 0 Å². The highest BCUT2D eigenvalue weighted by molar-refractivity contribution is 6.54. The van der Waals surface area contributed by atoms with E-state index in [1.807, 2.05) is 13.8 Å². The molecule has 0 fully saturated rings. The number of anilines is 1. The Morgan fingerprint density at radius 3 is 2.54 bits per heavy atom. The number of hydrogen-bond donors (Lipinski definition) is 0. The lowest BCUT2D eigenvalue weighted by molar-refractivity contribution is -0.144. The summed E-state index contributed by atoms with van der Waals surface area (Å²) in [6.07, 6.45) is 0.209. The fourth-order valence-corrected chi connectivity index (χ4v) is 3.31. The first kappa shape index (κ1) is 20.6. The van der Waals surface area contributed by atoms with E-state index in [4.69, 9.17) is 39.6 Å². The molecule has 0 N–H and O–H groups in total. The number of benzene rings is 2. The molecule has 0 spiro atoms. The van der Waals surface area contributed by atoms with Crippen molar-refractivity contribution in [3.8, 4) is 0 Å². The maximum absolute atomic E-state index is 13.0. The fourth-order valence-electron chi connectivity index (χ4n) is 2.82. The summed E-state index contributed by atoms with van der Waals surface area (Å²) >= 11 is 18.1. The molecule has 0 atom stereocenters. The third-order valence-corrected chi connectivity index (χ3v) is 5.06. The molecule has 3 rings (SSSR count). The van der Waals surface area contributed by atoms with Gasteiger partial charge < -0.3 is 9.74 Å². The Bertz CT molecular complexity index is 973. The normalized spacial score (nSPS) is 14.7. The highest BCUT2D eigenvalue weighted by atomic mass is 35.5. The lowest BCUT2D eigenvalue weighted by Crippen LogP contribution is -2.29. The maximum Gasteiger partial charge on any atom is 0.335 e. The van der Waals surface area contributed by atoms with Gasteiger partial charge in [0.05, 0.1) is 28.7 Å². The first-order valence-electron chi connectivity index (χ1n) is 8.60. The number of fused-ring (bicyclic) bond motifs is 1. The highest BCUT2D eigenvalue weighted by Crippen LogP contribution is 2.34. The quantitative estimate of drug-likeness (QED) is 0.457. The van der Waals surface area contributed by atoms with Gasteiger partial charge in [-0.3, -0.25) is 4.79 Å². The largest absolute Gasteiger partial charge is 0.335 e. The van der Waals surface area contributed by atoms with Crippen LogP contribution in [0.4, 0.5) is 5.69 Å². The minimum Gasteiger partial charge on any atom is -0.317 e. The average Bonchev–Trinajstić information content (AvgIpc) is 2.87. The predicted octanol–water partition coefficient (Wildman–Crippen LogP) is 5.49. The zero-order chi connectivity index (χ0) is 20.4. The molecule has 1 aliphatic heterocycles.